The predicted octanol–water partition coefficient (Wildman–Crippen LogP) is 1.01. The first kappa shape index (κ1) is 8.31. The van der Waals surface area contributed by atoms with Gasteiger partial charge in [0.05, 0.1) is 0 Å². The van der Waals surface area contributed by atoms with Crippen molar-refractivity contribution in [3.63, 3.8) is 0 Å². The molecule has 1 aromatic carbocycles. The minimum absolute atomic E-state index is 0.0271. The summed E-state index contributed by atoms with van der Waals surface area (Å²) in [5, 5.41) is 0.944. The van der Waals surface area contributed by atoms with Crippen LogP contribution in [0.15, 0.2) is 30.5 Å². The van der Waals surface area contributed by atoms with Gasteiger partial charge in [0.2, 0.25) is 0 Å². The molecule has 0 unspecified atom stereocenters. The molecule has 2 rings (SSSR count). The molecule has 0 aliphatic rings. The monoisotopic (exact) mass is 194 g/mol. The van der Waals surface area contributed by atoms with Gasteiger partial charge in [0.25, 0.3) is 0 Å². The van der Waals surface area contributed by atoms with E-state index in [1.807, 2.05) is 24.3 Å². The Morgan fingerprint density at radius 2 is 2.08 bits per heavy atom. The molecule has 4 heteroatoms. The number of hydrogen-bond donors (Lipinski definition) is 1. The molecule has 1 heterocycles. The van der Waals surface area contributed by atoms with Gasteiger partial charge >= 0.3 is 0 Å². The lowest BCUT2D eigenvalue weighted by Gasteiger charge is -1.97. The highest BCUT2D eigenvalue weighted by Gasteiger charge is 1.99. The maximum atomic E-state index is 10.5. The fourth-order valence-corrected chi connectivity index (χ4v) is 1.79. The van der Waals surface area contributed by atoms with Crippen molar-refractivity contribution >= 4 is 21.6 Å². The zero-order chi connectivity index (χ0) is 9.26. The number of nitrogens with zero attached hydrogens (tertiary/aromatic N) is 1. The normalized spacial score (nSPS) is 11.2. The van der Waals surface area contributed by atoms with Crippen LogP contribution in [0.4, 0.5) is 0 Å². The standard InChI is InChI=1S/C9H8NO2S/c11-13(12)7-10-6-5-8-3-1-2-4-9(8)10/h1-4,6,13H,7H2. The van der Waals surface area contributed by atoms with Gasteiger partial charge in [-0.05, 0) is 6.07 Å². The topological polar surface area (TPSA) is 39.1 Å². The van der Waals surface area contributed by atoms with Crippen molar-refractivity contribution < 1.29 is 8.42 Å². The summed E-state index contributed by atoms with van der Waals surface area (Å²) in [6.45, 7) is 0. The lowest BCUT2D eigenvalue weighted by atomic mass is 10.2. The molecule has 0 aliphatic carbocycles. The van der Waals surface area contributed by atoms with Gasteiger partial charge in [0.15, 0.2) is 10.7 Å². The van der Waals surface area contributed by atoms with Gasteiger partial charge < -0.3 is 4.57 Å². The van der Waals surface area contributed by atoms with Gasteiger partial charge in [-0.15, -0.1) is 0 Å². The Hall–Kier alpha value is -1.29. The summed E-state index contributed by atoms with van der Waals surface area (Å²) < 4.78 is 22.7. The third-order valence-corrected chi connectivity index (χ3v) is 2.39. The molecule has 0 saturated carbocycles. The quantitative estimate of drug-likeness (QED) is 0.725. The Bertz CT molecular complexity index is 491. The molecule has 1 aromatic heterocycles. The highest BCUT2D eigenvalue weighted by atomic mass is 32.2. The molecule has 0 N–H and O–H groups in total. The van der Waals surface area contributed by atoms with E-state index in [1.54, 1.807) is 10.8 Å². The third kappa shape index (κ3) is 1.58. The molecule has 2 aromatic rings. The summed E-state index contributed by atoms with van der Waals surface area (Å²) in [5.74, 6) is 0.0271. The number of rotatable bonds is 2. The average molecular weight is 194 g/mol. The molecule has 0 aliphatic heterocycles. The highest BCUT2D eigenvalue weighted by molar-refractivity contribution is 7.71. The fourth-order valence-electron chi connectivity index (χ4n) is 1.30. The van der Waals surface area contributed by atoms with Crippen LogP contribution < -0.4 is 0 Å². The average Bonchev–Trinajstić information content (AvgIpc) is 2.48. The fraction of sp³-hybridized carbons (Fsp3) is 0.111. The first-order valence-corrected chi connectivity index (χ1v) is 5.21. The number of aromatic nitrogens is 1. The van der Waals surface area contributed by atoms with Crippen LogP contribution in [0.25, 0.3) is 10.9 Å². The van der Waals surface area contributed by atoms with Crippen LogP contribution in [0.2, 0.25) is 0 Å². The van der Waals surface area contributed by atoms with Crippen molar-refractivity contribution in [2.45, 2.75) is 5.88 Å². The number of hydrogen-bond acceptors (Lipinski definition) is 2. The Kier molecular flexibility index (Phi) is 2.06. The van der Waals surface area contributed by atoms with Crippen LogP contribution in [0.1, 0.15) is 0 Å². The van der Waals surface area contributed by atoms with E-state index in [0.717, 1.165) is 10.9 Å². The number of benzene rings is 1. The summed E-state index contributed by atoms with van der Waals surface area (Å²) in [6.07, 6.45) is 1.66. The largest absolute Gasteiger partial charge is 0.332 e. The third-order valence-electron chi connectivity index (χ3n) is 1.86. The summed E-state index contributed by atoms with van der Waals surface area (Å²) in [4.78, 5) is 0. The van der Waals surface area contributed by atoms with Gasteiger partial charge in [-0.2, -0.15) is 0 Å². The van der Waals surface area contributed by atoms with E-state index in [4.69, 9.17) is 0 Å². The number of para-hydroxylation sites is 1. The maximum absolute atomic E-state index is 10.5. The molecule has 0 atom stereocenters. The molecular weight excluding hydrogens is 186 g/mol. The molecule has 3 nitrogen and oxygen atoms in total. The van der Waals surface area contributed by atoms with Crippen LogP contribution in [-0.2, 0) is 16.6 Å². The Morgan fingerprint density at radius 3 is 2.85 bits per heavy atom. The molecular formula is C9H8NO2S. The maximum Gasteiger partial charge on any atom is 0.158 e. The van der Waals surface area contributed by atoms with Crippen molar-refractivity contribution in [1.82, 2.24) is 4.57 Å². The second-order valence-electron chi connectivity index (χ2n) is 2.73. The smallest absolute Gasteiger partial charge is 0.158 e. The Morgan fingerprint density at radius 1 is 1.31 bits per heavy atom. The second-order valence-corrected chi connectivity index (χ2v) is 3.68. The van der Waals surface area contributed by atoms with E-state index < -0.39 is 10.7 Å². The molecule has 1 radical (unpaired) electrons. The van der Waals surface area contributed by atoms with Crippen LogP contribution in [0.5, 0.6) is 0 Å². The molecule has 0 fully saturated rings. The van der Waals surface area contributed by atoms with Crippen LogP contribution in [0, 0.1) is 6.07 Å². The number of fused-ring (bicyclic) bond motifs is 1. The lowest BCUT2D eigenvalue weighted by molar-refractivity contribution is 0.605. The first-order valence-electron chi connectivity index (χ1n) is 3.85. The zero-order valence-electron chi connectivity index (χ0n) is 6.80. The van der Waals surface area contributed by atoms with Gasteiger partial charge in [-0.25, -0.2) is 8.42 Å². The van der Waals surface area contributed by atoms with E-state index in [1.165, 1.54) is 0 Å². The molecule has 0 spiro atoms. The van der Waals surface area contributed by atoms with E-state index >= 15 is 0 Å². The molecule has 0 saturated heterocycles. The van der Waals surface area contributed by atoms with E-state index in [0.29, 0.717) is 0 Å². The molecule has 67 valence electrons. The second kappa shape index (κ2) is 3.22. The zero-order valence-corrected chi connectivity index (χ0v) is 7.70. The van der Waals surface area contributed by atoms with Crippen molar-refractivity contribution in [1.29, 1.82) is 0 Å². The van der Waals surface area contributed by atoms with Gasteiger partial charge in [0, 0.05) is 23.2 Å². The predicted molar refractivity (Wildman–Crippen MR) is 51.1 cm³/mol. The van der Waals surface area contributed by atoms with Crippen LogP contribution in [0.3, 0.4) is 0 Å². The van der Waals surface area contributed by atoms with Gasteiger partial charge in [-0.3, -0.25) is 0 Å². The minimum Gasteiger partial charge on any atom is -0.332 e. The highest BCUT2D eigenvalue weighted by Crippen LogP contribution is 2.13. The van der Waals surface area contributed by atoms with E-state index in [9.17, 15) is 8.42 Å². The summed E-state index contributed by atoms with van der Waals surface area (Å²) in [7, 11) is -2.38. The number of thiol groups is 1. The SMILES string of the molecule is O=[SH](=O)Cn1c[c]c2ccccc21. The molecule has 13 heavy (non-hydrogen) atoms. The summed E-state index contributed by atoms with van der Waals surface area (Å²) in [6, 6.07) is 10.6. The molecule has 0 bridgehead atoms. The summed E-state index contributed by atoms with van der Waals surface area (Å²) in [5.41, 5.74) is 0.904. The van der Waals surface area contributed by atoms with E-state index in [2.05, 4.69) is 6.07 Å². The molecule has 0 amide bonds. The van der Waals surface area contributed by atoms with Crippen molar-refractivity contribution in [3.05, 3.63) is 36.5 Å². The van der Waals surface area contributed by atoms with E-state index in [-0.39, 0.29) is 5.88 Å². The van der Waals surface area contributed by atoms with Crippen LogP contribution in [-0.4, -0.2) is 13.0 Å². The van der Waals surface area contributed by atoms with Gasteiger partial charge in [0.1, 0.15) is 5.88 Å². The van der Waals surface area contributed by atoms with Gasteiger partial charge in [-0.1, -0.05) is 18.2 Å². The summed E-state index contributed by atoms with van der Waals surface area (Å²) >= 11 is 0. The minimum atomic E-state index is -2.38. The van der Waals surface area contributed by atoms with Crippen molar-refractivity contribution in [3.8, 4) is 0 Å². The van der Waals surface area contributed by atoms with Crippen LogP contribution >= 0.6 is 0 Å². The lowest BCUT2D eigenvalue weighted by Crippen LogP contribution is -1.96. The van der Waals surface area contributed by atoms with Crippen molar-refractivity contribution in [2.75, 3.05) is 0 Å². The Labute approximate surface area is 77.6 Å². The first-order chi connectivity index (χ1) is 6.27. The Balaban J connectivity index is 2.57. The van der Waals surface area contributed by atoms with Crippen molar-refractivity contribution in [2.24, 2.45) is 0 Å².